The number of hydrogen-bond donors (Lipinski definition) is 0. The number of carbonyl (C=O) groups excluding carboxylic acids is 1. The molecule has 47 heavy (non-hydrogen) atoms. The molecule has 4 rings (SSSR count). The molecule has 7 heteroatoms. The molecule has 0 radical (unpaired) electrons. The number of rotatable bonds is 16. The highest BCUT2D eigenvalue weighted by Gasteiger charge is 2.17. The van der Waals surface area contributed by atoms with Crippen LogP contribution in [0.4, 0.5) is 16.2 Å². The van der Waals surface area contributed by atoms with Gasteiger partial charge in [0.15, 0.2) is 11.5 Å². The minimum absolute atomic E-state index is 0.317. The van der Waals surface area contributed by atoms with Crippen molar-refractivity contribution >= 4 is 35.3 Å². The van der Waals surface area contributed by atoms with E-state index < -0.39 is 6.09 Å². The summed E-state index contributed by atoms with van der Waals surface area (Å²) in [5, 5.41) is 2.10. The topological polar surface area (TPSA) is 51.2 Å². The van der Waals surface area contributed by atoms with Gasteiger partial charge >= 0.3 is 6.09 Å². The van der Waals surface area contributed by atoms with Gasteiger partial charge in [-0.2, -0.15) is 0 Å². The van der Waals surface area contributed by atoms with Crippen molar-refractivity contribution in [3.05, 3.63) is 125 Å². The van der Waals surface area contributed by atoms with Crippen LogP contribution in [0, 0.1) is 6.92 Å². The Kier molecular flexibility index (Phi) is 13.8. The number of thioether (sulfide) groups is 1. The Bertz CT molecular complexity index is 1550. The van der Waals surface area contributed by atoms with Gasteiger partial charge in [0.2, 0.25) is 0 Å². The Morgan fingerprint density at radius 3 is 2.15 bits per heavy atom. The molecule has 4 aromatic carbocycles. The van der Waals surface area contributed by atoms with E-state index in [-0.39, 0.29) is 0 Å². The number of aryl methyl sites for hydroxylation is 2. The van der Waals surface area contributed by atoms with Gasteiger partial charge in [-0.25, -0.2) is 4.79 Å². The van der Waals surface area contributed by atoms with Crippen LogP contribution in [0.25, 0.3) is 6.08 Å². The van der Waals surface area contributed by atoms with Gasteiger partial charge in [0.25, 0.3) is 0 Å². The first-order chi connectivity index (χ1) is 22.7. The van der Waals surface area contributed by atoms with Gasteiger partial charge in [-0.05, 0) is 106 Å². The average Bonchev–Trinajstić information content (AvgIpc) is 3.06. The van der Waals surface area contributed by atoms with Crippen molar-refractivity contribution in [2.24, 2.45) is 0 Å². The molecule has 0 aliphatic carbocycles. The van der Waals surface area contributed by atoms with E-state index >= 15 is 0 Å². The van der Waals surface area contributed by atoms with Crippen LogP contribution in [0.1, 0.15) is 49.9 Å². The van der Waals surface area contributed by atoms with Crippen molar-refractivity contribution in [1.82, 2.24) is 0 Å². The number of anilines is 2. The molecule has 0 aliphatic rings. The molecule has 0 spiro atoms. The normalized spacial score (nSPS) is 11.3. The number of benzene rings is 4. The van der Waals surface area contributed by atoms with E-state index in [1.54, 1.807) is 24.9 Å². The number of carbonyl (C=O) groups is 1. The molecule has 4 aromatic rings. The van der Waals surface area contributed by atoms with Gasteiger partial charge in [-0.3, -0.25) is 4.90 Å². The van der Waals surface area contributed by atoms with Gasteiger partial charge in [0.05, 0.1) is 13.2 Å². The zero-order valence-corrected chi connectivity index (χ0v) is 29.3. The lowest BCUT2D eigenvalue weighted by Crippen LogP contribution is -2.36. The van der Waals surface area contributed by atoms with Crippen molar-refractivity contribution in [3.63, 3.8) is 0 Å². The fourth-order valence-corrected chi connectivity index (χ4v) is 5.98. The van der Waals surface area contributed by atoms with E-state index in [0.717, 1.165) is 34.6 Å². The van der Waals surface area contributed by atoms with Crippen molar-refractivity contribution < 1.29 is 19.0 Å². The summed E-state index contributed by atoms with van der Waals surface area (Å²) in [5.74, 6) is 1.82. The standard InChI is InChI=1S/C40H48N2O4S/c1-30(2)42(31(3)4)37-19-14-33(15-20-37)22-26-47-27-23-34-16-21-38(46-40(43)41(6)36-17-12-32(5)13-18-36)39(28-34)45-25-24-44-29-35-10-8-7-9-11-35/h7-21,23,27-28,30-31H,22,24-26,29H2,1-6H3/b27-23+. The summed E-state index contributed by atoms with van der Waals surface area (Å²) in [6.07, 6.45) is 2.55. The van der Waals surface area contributed by atoms with Crippen molar-refractivity contribution in [2.45, 2.75) is 59.7 Å². The third kappa shape index (κ3) is 11.2. The first-order valence-corrected chi connectivity index (χ1v) is 17.3. The number of ether oxygens (including phenoxy) is 3. The van der Waals surface area contributed by atoms with Crippen LogP contribution in [-0.4, -0.2) is 44.2 Å². The fraction of sp³-hybridized carbons (Fsp3) is 0.325. The highest BCUT2D eigenvalue weighted by molar-refractivity contribution is 8.02. The Hall–Kier alpha value is -4.20. The monoisotopic (exact) mass is 652 g/mol. The van der Waals surface area contributed by atoms with Crippen molar-refractivity contribution in [3.8, 4) is 11.5 Å². The second kappa shape index (κ2) is 18.2. The number of amides is 1. The number of nitrogens with zero attached hydrogens (tertiary/aromatic N) is 2. The molecule has 1 amide bonds. The molecule has 0 saturated carbocycles. The van der Waals surface area contributed by atoms with Gasteiger partial charge < -0.3 is 19.1 Å². The molecule has 0 heterocycles. The molecule has 0 atom stereocenters. The van der Waals surface area contributed by atoms with Crippen LogP contribution in [0.2, 0.25) is 0 Å². The molecule has 0 bridgehead atoms. The van der Waals surface area contributed by atoms with Gasteiger partial charge in [-0.1, -0.05) is 66.2 Å². The third-order valence-corrected chi connectivity index (χ3v) is 8.44. The van der Waals surface area contributed by atoms with Gasteiger partial charge in [0, 0.05) is 36.3 Å². The molecule has 6 nitrogen and oxygen atoms in total. The smallest absolute Gasteiger partial charge is 0.419 e. The molecule has 248 valence electrons. The highest BCUT2D eigenvalue weighted by atomic mass is 32.2. The Labute approximate surface area is 285 Å². The number of hydrogen-bond acceptors (Lipinski definition) is 6. The molecule has 0 aliphatic heterocycles. The molecular weight excluding hydrogens is 605 g/mol. The van der Waals surface area contributed by atoms with Gasteiger partial charge in [-0.15, -0.1) is 11.8 Å². The maximum absolute atomic E-state index is 13.0. The van der Waals surface area contributed by atoms with Crippen molar-refractivity contribution in [1.29, 1.82) is 0 Å². The summed E-state index contributed by atoms with van der Waals surface area (Å²) < 4.78 is 17.7. The maximum Gasteiger partial charge on any atom is 0.419 e. The summed E-state index contributed by atoms with van der Waals surface area (Å²) in [5.41, 5.74) is 6.52. The molecular formula is C40H48N2O4S. The van der Waals surface area contributed by atoms with E-state index in [1.807, 2.05) is 73.7 Å². The molecule has 0 N–H and O–H groups in total. The molecule has 0 unspecified atom stereocenters. The lowest BCUT2D eigenvalue weighted by molar-refractivity contribution is 0.0880. The summed E-state index contributed by atoms with van der Waals surface area (Å²) in [6.45, 7) is 12.2. The first kappa shape index (κ1) is 35.7. The Balaban J connectivity index is 1.35. The van der Waals surface area contributed by atoms with Crippen molar-refractivity contribution in [2.75, 3.05) is 35.8 Å². The van der Waals surface area contributed by atoms with Crippen LogP contribution in [-0.2, 0) is 17.8 Å². The third-order valence-electron chi connectivity index (χ3n) is 7.67. The summed E-state index contributed by atoms with van der Waals surface area (Å²) >= 11 is 1.76. The van der Waals surface area contributed by atoms with Crippen LogP contribution < -0.4 is 19.3 Å². The molecule has 0 fully saturated rings. The summed E-state index contributed by atoms with van der Waals surface area (Å²) in [4.78, 5) is 17.0. The lowest BCUT2D eigenvalue weighted by atomic mass is 10.1. The second-order valence-corrected chi connectivity index (χ2v) is 13.1. The van der Waals surface area contributed by atoms with E-state index in [4.69, 9.17) is 14.2 Å². The van der Waals surface area contributed by atoms with E-state index in [1.165, 1.54) is 16.2 Å². The average molecular weight is 653 g/mol. The fourth-order valence-electron chi connectivity index (χ4n) is 5.24. The predicted molar refractivity (Wildman–Crippen MR) is 198 cm³/mol. The minimum Gasteiger partial charge on any atom is -0.487 e. The minimum atomic E-state index is -0.493. The summed E-state index contributed by atoms with van der Waals surface area (Å²) in [6, 6.07) is 33.2. The van der Waals surface area contributed by atoms with Crippen LogP contribution in [0.3, 0.4) is 0 Å². The largest absolute Gasteiger partial charge is 0.487 e. The molecule has 0 aromatic heterocycles. The zero-order valence-electron chi connectivity index (χ0n) is 28.5. The molecule has 0 saturated heterocycles. The van der Waals surface area contributed by atoms with E-state index in [0.29, 0.717) is 43.4 Å². The zero-order chi connectivity index (χ0) is 33.6. The van der Waals surface area contributed by atoms with Crippen LogP contribution >= 0.6 is 11.8 Å². The SMILES string of the molecule is Cc1ccc(N(C)C(=O)Oc2ccc(/C=C/SCCc3ccc(N(C(C)C)C(C)C)cc3)cc2OCCOCc2ccccc2)cc1. The summed E-state index contributed by atoms with van der Waals surface area (Å²) in [7, 11) is 1.69. The van der Waals surface area contributed by atoms with E-state index in [2.05, 4.69) is 68.3 Å². The van der Waals surface area contributed by atoms with Crippen LogP contribution in [0.5, 0.6) is 11.5 Å². The second-order valence-electron chi connectivity index (χ2n) is 12.0. The van der Waals surface area contributed by atoms with Crippen LogP contribution in [0.15, 0.2) is 102 Å². The Morgan fingerprint density at radius 1 is 0.787 bits per heavy atom. The lowest BCUT2D eigenvalue weighted by Gasteiger charge is -2.33. The van der Waals surface area contributed by atoms with E-state index in [9.17, 15) is 4.79 Å². The van der Waals surface area contributed by atoms with Gasteiger partial charge in [0.1, 0.15) is 6.61 Å². The highest BCUT2D eigenvalue weighted by Crippen LogP contribution is 2.31. The quantitative estimate of drug-likeness (QED) is 0.112. The predicted octanol–water partition coefficient (Wildman–Crippen LogP) is 9.80. The maximum atomic E-state index is 13.0. The first-order valence-electron chi connectivity index (χ1n) is 16.3. The Morgan fingerprint density at radius 2 is 1.47 bits per heavy atom.